The van der Waals surface area contributed by atoms with E-state index in [1.165, 1.54) is 4.90 Å². The van der Waals surface area contributed by atoms with E-state index in [1.54, 1.807) is 0 Å². The lowest BCUT2D eigenvalue weighted by atomic mass is 9.76. The molecule has 1 saturated heterocycles. The standard InChI is InChI=1S/C26H48N2O6.H2/c1-7-25(4,5)21-20-23(30)28(24(21)31)13-10-22(29)27-12-15-33-17-19-34-18-16-32-14-11-26(6,8-2)9-3;/h21H,7-20H2,1-6H3,(H,27,29);1H. The predicted molar refractivity (Wildman–Crippen MR) is 134 cm³/mol. The van der Waals surface area contributed by atoms with Crippen LogP contribution in [0, 0.1) is 16.7 Å². The Morgan fingerprint density at radius 3 is 2.06 bits per heavy atom. The average molecular weight is 487 g/mol. The Morgan fingerprint density at radius 2 is 1.50 bits per heavy atom. The van der Waals surface area contributed by atoms with Gasteiger partial charge >= 0.3 is 0 Å². The second-order valence-corrected chi connectivity index (χ2v) is 10.2. The molecule has 0 aromatic rings. The summed E-state index contributed by atoms with van der Waals surface area (Å²) in [5.41, 5.74) is 0.144. The van der Waals surface area contributed by atoms with Crippen LogP contribution in [0.15, 0.2) is 0 Å². The molecular formula is C26H50N2O6. The predicted octanol–water partition coefficient (Wildman–Crippen LogP) is 3.82. The summed E-state index contributed by atoms with van der Waals surface area (Å²) in [7, 11) is 0. The maximum Gasteiger partial charge on any atom is 0.233 e. The zero-order valence-electron chi connectivity index (χ0n) is 22.4. The van der Waals surface area contributed by atoms with Crippen LogP contribution in [-0.4, -0.2) is 75.4 Å². The third-order valence-electron chi connectivity index (χ3n) is 7.53. The zero-order chi connectivity index (χ0) is 25.6. The van der Waals surface area contributed by atoms with E-state index < -0.39 is 0 Å². The lowest BCUT2D eigenvalue weighted by molar-refractivity contribution is -0.140. The topological polar surface area (TPSA) is 94.2 Å². The van der Waals surface area contributed by atoms with Crippen LogP contribution >= 0.6 is 0 Å². The molecule has 200 valence electrons. The number of nitrogens with zero attached hydrogens (tertiary/aromatic N) is 1. The lowest BCUT2D eigenvalue weighted by Crippen LogP contribution is -2.38. The largest absolute Gasteiger partial charge is 0.379 e. The smallest absolute Gasteiger partial charge is 0.233 e. The normalized spacial score (nSPS) is 17.0. The van der Waals surface area contributed by atoms with Gasteiger partial charge in [-0.1, -0.05) is 60.8 Å². The molecule has 1 aliphatic rings. The maximum atomic E-state index is 12.6. The average Bonchev–Trinajstić information content (AvgIpc) is 3.12. The fourth-order valence-corrected chi connectivity index (χ4v) is 3.80. The summed E-state index contributed by atoms with van der Waals surface area (Å²) in [6, 6.07) is 0. The molecule has 8 heteroatoms. The van der Waals surface area contributed by atoms with Crippen molar-refractivity contribution in [1.29, 1.82) is 0 Å². The first-order valence-corrected chi connectivity index (χ1v) is 12.9. The third kappa shape index (κ3) is 10.4. The van der Waals surface area contributed by atoms with Gasteiger partial charge in [0.1, 0.15) is 0 Å². The van der Waals surface area contributed by atoms with E-state index in [0.29, 0.717) is 45.0 Å². The van der Waals surface area contributed by atoms with Gasteiger partial charge in [-0.15, -0.1) is 0 Å². The van der Waals surface area contributed by atoms with E-state index in [4.69, 9.17) is 14.2 Å². The first-order chi connectivity index (χ1) is 16.1. The number of carbonyl (C=O) groups is 3. The quantitative estimate of drug-likeness (QED) is 0.220. The van der Waals surface area contributed by atoms with Crippen LogP contribution in [0.5, 0.6) is 0 Å². The summed E-state index contributed by atoms with van der Waals surface area (Å²) in [6.07, 6.45) is 4.56. The summed E-state index contributed by atoms with van der Waals surface area (Å²) in [4.78, 5) is 38.1. The number of ether oxygens (including phenoxy) is 3. The van der Waals surface area contributed by atoms with Crippen LogP contribution in [0.3, 0.4) is 0 Å². The van der Waals surface area contributed by atoms with Crippen LogP contribution < -0.4 is 5.32 Å². The van der Waals surface area contributed by atoms with Gasteiger partial charge in [0, 0.05) is 34.0 Å². The third-order valence-corrected chi connectivity index (χ3v) is 7.53. The molecule has 0 radical (unpaired) electrons. The number of likely N-dealkylation sites (tertiary alicyclic amines) is 1. The number of amides is 3. The van der Waals surface area contributed by atoms with E-state index in [-0.39, 0.29) is 49.9 Å². The van der Waals surface area contributed by atoms with Gasteiger partial charge in [0.25, 0.3) is 0 Å². The van der Waals surface area contributed by atoms with Crippen LogP contribution in [0.1, 0.15) is 81.5 Å². The second kappa shape index (κ2) is 15.5. The first-order valence-electron chi connectivity index (χ1n) is 12.9. The second-order valence-electron chi connectivity index (χ2n) is 10.2. The van der Waals surface area contributed by atoms with E-state index in [9.17, 15) is 14.4 Å². The molecule has 1 rings (SSSR count). The van der Waals surface area contributed by atoms with Crippen LogP contribution in [0.25, 0.3) is 0 Å². The van der Waals surface area contributed by atoms with Gasteiger partial charge in [-0.05, 0) is 17.3 Å². The Morgan fingerprint density at radius 1 is 0.941 bits per heavy atom. The summed E-state index contributed by atoms with van der Waals surface area (Å²) >= 11 is 0. The molecule has 1 N–H and O–H groups in total. The molecule has 1 atom stereocenters. The van der Waals surface area contributed by atoms with E-state index in [0.717, 1.165) is 32.3 Å². The molecule has 0 aliphatic carbocycles. The molecule has 1 heterocycles. The Bertz CT molecular complexity index is 639. The van der Waals surface area contributed by atoms with Gasteiger partial charge in [0.2, 0.25) is 17.7 Å². The van der Waals surface area contributed by atoms with Crippen molar-refractivity contribution in [3.05, 3.63) is 0 Å². The van der Waals surface area contributed by atoms with Crippen molar-refractivity contribution in [2.75, 3.05) is 52.7 Å². The fraction of sp³-hybridized carbons (Fsp3) is 0.885. The van der Waals surface area contributed by atoms with E-state index >= 15 is 0 Å². The van der Waals surface area contributed by atoms with Crippen molar-refractivity contribution in [3.8, 4) is 0 Å². The molecule has 0 spiro atoms. The van der Waals surface area contributed by atoms with Crippen LogP contribution in [0.2, 0.25) is 0 Å². The molecule has 1 unspecified atom stereocenters. The fourth-order valence-electron chi connectivity index (χ4n) is 3.80. The number of carbonyl (C=O) groups excluding carboxylic acids is 3. The van der Waals surface area contributed by atoms with Gasteiger partial charge in [-0.25, -0.2) is 0 Å². The molecule has 1 fully saturated rings. The minimum Gasteiger partial charge on any atom is -0.379 e. The van der Waals surface area contributed by atoms with E-state index in [1.807, 2.05) is 20.8 Å². The Balaban J connectivity index is 0.0000116. The van der Waals surface area contributed by atoms with Crippen LogP contribution in [0.4, 0.5) is 0 Å². The highest BCUT2D eigenvalue weighted by atomic mass is 16.5. The highest BCUT2D eigenvalue weighted by Crippen LogP contribution is 2.38. The van der Waals surface area contributed by atoms with Crippen molar-refractivity contribution in [2.24, 2.45) is 16.7 Å². The van der Waals surface area contributed by atoms with Crippen molar-refractivity contribution in [1.82, 2.24) is 10.2 Å². The van der Waals surface area contributed by atoms with Crippen LogP contribution in [-0.2, 0) is 28.6 Å². The Hall–Kier alpha value is -1.51. The monoisotopic (exact) mass is 486 g/mol. The van der Waals surface area contributed by atoms with Crippen molar-refractivity contribution in [3.63, 3.8) is 0 Å². The highest BCUT2D eigenvalue weighted by Gasteiger charge is 2.45. The minimum atomic E-state index is -0.298. The number of nitrogens with one attached hydrogen (secondary N) is 1. The summed E-state index contributed by atoms with van der Waals surface area (Å²) in [6.45, 7) is 16.5. The molecule has 0 bridgehead atoms. The summed E-state index contributed by atoms with van der Waals surface area (Å²) in [5, 5.41) is 2.76. The van der Waals surface area contributed by atoms with Crippen molar-refractivity contribution < 1.29 is 30.0 Å². The SMILES string of the molecule is CCC(C)(CC)CCOCCOCCOCCNC(=O)CCN1C(=O)CC(C(C)(C)CC)C1=O.[HH]. The molecule has 0 saturated carbocycles. The summed E-state index contributed by atoms with van der Waals surface area (Å²) < 4.78 is 16.6. The first kappa shape index (κ1) is 30.5. The molecular weight excluding hydrogens is 436 g/mol. The molecule has 8 nitrogen and oxygen atoms in total. The minimum absolute atomic E-state index is 0. The number of rotatable bonds is 19. The van der Waals surface area contributed by atoms with Gasteiger partial charge in [-0.2, -0.15) is 0 Å². The van der Waals surface area contributed by atoms with E-state index in [2.05, 4.69) is 26.1 Å². The molecule has 3 amide bonds. The number of hydrogen-bond acceptors (Lipinski definition) is 6. The molecule has 1 aliphatic heterocycles. The van der Waals surface area contributed by atoms with Gasteiger partial charge in [-0.3, -0.25) is 19.3 Å². The van der Waals surface area contributed by atoms with Crippen molar-refractivity contribution >= 4 is 17.7 Å². The molecule has 0 aromatic heterocycles. The maximum absolute atomic E-state index is 12.6. The van der Waals surface area contributed by atoms with Gasteiger partial charge in [0.05, 0.1) is 39.0 Å². The Kier molecular flexibility index (Phi) is 13.9. The highest BCUT2D eigenvalue weighted by molar-refractivity contribution is 6.04. The number of imide groups is 1. The molecule has 34 heavy (non-hydrogen) atoms. The summed E-state index contributed by atoms with van der Waals surface area (Å²) in [5.74, 6) is -0.830. The lowest BCUT2D eigenvalue weighted by Gasteiger charge is -2.28. The Labute approximate surface area is 207 Å². The van der Waals surface area contributed by atoms with Gasteiger partial charge in [0.15, 0.2) is 0 Å². The van der Waals surface area contributed by atoms with Gasteiger partial charge < -0.3 is 19.5 Å². The van der Waals surface area contributed by atoms with Crippen molar-refractivity contribution in [2.45, 2.75) is 80.1 Å². The zero-order valence-corrected chi connectivity index (χ0v) is 22.4. The number of hydrogen-bond donors (Lipinski definition) is 1. The molecule has 0 aromatic carbocycles.